The lowest BCUT2D eigenvalue weighted by Crippen LogP contribution is -2.29. The molecule has 1 fully saturated rings. The third-order valence-corrected chi connectivity index (χ3v) is 6.92. The Morgan fingerprint density at radius 3 is 2.15 bits per heavy atom. The van der Waals surface area contributed by atoms with E-state index in [1.807, 2.05) is 75.4 Å². The molecule has 0 radical (unpaired) electrons. The van der Waals surface area contributed by atoms with Crippen LogP contribution in [0.1, 0.15) is 33.9 Å². The number of ketones is 1. The molecule has 1 aromatic heterocycles. The third kappa shape index (κ3) is 3.62. The molecule has 5 rings (SSSR count). The van der Waals surface area contributed by atoms with E-state index in [4.69, 9.17) is 0 Å². The summed E-state index contributed by atoms with van der Waals surface area (Å²) in [5.74, 6) is -1.59. The van der Waals surface area contributed by atoms with E-state index in [0.717, 1.165) is 32.5 Å². The van der Waals surface area contributed by atoms with Crippen LogP contribution < -0.4 is 4.90 Å². The predicted molar refractivity (Wildman–Crippen MR) is 131 cm³/mol. The van der Waals surface area contributed by atoms with Crippen molar-refractivity contribution in [3.63, 3.8) is 0 Å². The molecule has 6 heteroatoms. The molecule has 0 bridgehead atoms. The number of anilines is 1. The molecular formula is C27H22N2O3S. The van der Waals surface area contributed by atoms with Gasteiger partial charge >= 0.3 is 5.91 Å². The van der Waals surface area contributed by atoms with Crippen LogP contribution in [0.5, 0.6) is 0 Å². The number of thiazole rings is 1. The van der Waals surface area contributed by atoms with Crippen LogP contribution in [-0.4, -0.2) is 21.8 Å². The number of nitrogens with zero attached hydrogens (tertiary/aromatic N) is 2. The van der Waals surface area contributed by atoms with E-state index in [9.17, 15) is 14.7 Å². The molecule has 1 N–H and O–H groups in total. The minimum Gasteiger partial charge on any atom is -0.507 e. The molecule has 1 amide bonds. The summed E-state index contributed by atoms with van der Waals surface area (Å²) in [6.07, 6.45) is 0. The summed E-state index contributed by atoms with van der Waals surface area (Å²) in [6, 6.07) is 20.0. The van der Waals surface area contributed by atoms with Crippen molar-refractivity contribution in [3.8, 4) is 0 Å². The van der Waals surface area contributed by atoms with Crippen molar-refractivity contribution in [3.05, 3.63) is 100 Å². The van der Waals surface area contributed by atoms with E-state index in [0.29, 0.717) is 10.7 Å². The van der Waals surface area contributed by atoms with Crippen LogP contribution in [0.25, 0.3) is 16.0 Å². The quantitative estimate of drug-likeness (QED) is 0.240. The highest BCUT2D eigenvalue weighted by Gasteiger charge is 2.48. The number of aromatic nitrogens is 1. The van der Waals surface area contributed by atoms with Crippen molar-refractivity contribution in [2.45, 2.75) is 26.8 Å². The fourth-order valence-electron chi connectivity index (χ4n) is 4.08. The number of Topliss-reactive ketones (excluding diaryl/α,β-unsaturated/α-hetero) is 1. The lowest BCUT2D eigenvalue weighted by Gasteiger charge is -2.23. The van der Waals surface area contributed by atoms with Gasteiger partial charge in [0.05, 0.1) is 21.8 Å². The first-order valence-electron chi connectivity index (χ1n) is 10.7. The molecule has 0 saturated carbocycles. The van der Waals surface area contributed by atoms with Crippen LogP contribution in [0.3, 0.4) is 0 Å². The van der Waals surface area contributed by atoms with Crippen molar-refractivity contribution >= 4 is 44.1 Å². The zero-order valence-corrected chi connectivity index (χ0v) is 19.3. The Morgan fingerprint density at radius 1 is 0.879 bits per heavy atom. The van der Waals surface area contributed by atoms with Gasteiger partial charge < -0.3 is 5.11 Å². The number of hydrogen-bond donors (Lipinski definition) is 1. The molecule has 1 aliphatic rings. The van der Waals surface area contributed by atoms with E-state index >= 15 is 0 Å². The second-order valence-electron chi connectivity index (χ2n) is 8.41. The summed E-state index contributed by atoms with van der Waals surface area (Å²) < 4.78 is 0.938. The van der Waals surface area contributed by atoms with Gasteiger partial charge in [-0.25, -0.2) is 4.98 Å². The zero-order valence-electron chi connectivity index (χ0n) is 18.5. The smallest absolute Gasteiger partial charge is 0.301 e. The van der Waals surface area contributed by atoms with Gasteiger partial charge in [-0.05, 0) is 44.0 Å². The molecule has 164 valence electrons. The predicted octanol–water partition coefficient (Wildman–Crippen LogP) is 5.85. The van der Waals surface area contributed by atoms with E-state index < -0.39 is 17.7 Å². The Kier molecular flexibility index (Phi) is 5.10. The Labute approximate surface area is 195 Å². The maximum absolute atomic E-state index is 13.3. The highest BCUT2D eigenvalue weighted by atomic mass is 32.1. The van der Waals surface area contributed by atoms with Crippen molar-refractivity contribution in [2.75, 3.05) is 4.90 Å². The van der Waals surface area contributed by atoms with Gasteiger partial charge in [0, 0.05) is 5.56 Å². The summed E-state index contributed by atoms with van der Waals surface area (Å²) in [7, 11) is 0. The molecule has 4 aromatic rings. The van der Waals surface area contributed by atoms with Crippen LogP contribution in [0.2, 0.25) is 0 Å². The fraction of sp³-hybridized carbons (Fsp3) is 0.148. The van der Waals surface area contributed by atoms with Crippen LogP contribution >= 0.6 is 11.3 Å². The van der Waals surface area contributed by atoms with Gasteiger partial charge in [0.1, 0.15) is 5.76 Å². The Hall–Kier alpha value is -3.77. The van der Waals surface area contributed by atoms with Crippen molar-refractivity contribution in [1.82, 2.24) is 4.98 Å². The van der Waals surface area contributed by atoms with E-state index in [-0.39, 0.29) is 11.3 Å². The molecule has 0 aliphatic carbocycles. The number of benzene rings is 3. The topological polar surface area (TPSA) is 70.5 Å². The largest absolute Gasteiger partial charge is 0.507 e. The highest BCUT2D eigenvalue weighted by Crippen LogP contribution is 2.44. The van der Waals surface area contributed by atoms with Gasteiger partial charge in [0.25, 0.3) is 5.78 Å². The maximum atomic E-state index is 13.3. The number of aliphatic hydroxyl groups excluding tert-OH is 1. The molecule has 3 aromatic carbocycles. The van der Waals surface area contributed by atoms with Crippen molar-refractivity contribution in [2.24, 2.45) is 0 Å². The maximum Gasteiger partial charge on any atom is 0.301 e. The van der Waals surface area contributed by atoms with Crippen LogP contribution in [0.15, 0.2) is 72.3 Å². The summed E-state index contributed by atoms with van der Waals surface area (Å²) in [5, 5.41) is 11.6. The number of fused-ring (bicyclic) bond motifs is 1. The minimum atomic E-state index is -0.770. The molecule has 1 unspecified atom stereocenters. The first-order chi connectivity index (χ1) is 15.8. The van der Waals surface area contributed by atoms with Gasteiger partial charge in [-0.15, -0.1) is 0 Å². The fourth-order valence-corrected chi connectivity index (χ4v) is 5.17. The van der Waals surface area contributed by atoms with Gasteiger partial charge in [-0.3, -0.25) is 14.5 Å². The van der Waals surface area contributed by atoms with E-state index in [1.165, 1.54) is 16.2 Å². The normalized spacial score (nSPS) is 17.8. The summed E-state index contributed by atoms with van der Waals surface area (Å²) >= 11 is 1.37. The number of hydrogen-bond acceptors (Lipinski definition) is 5. The number of aliphatic hydroxyl groups is 1. The first-order valence-corrected chi connectivity index (χ1v) is 11.5. The Morgan fingerprint density at radius 2 is 1.48 bits per heavy atom. The number of rotatable bonds is 3. The summed E-state index contributed by atoms with van der Waals surface area (Å²) in [6.45, 7) is 5.92. The molecule has 1 aliphatic heterocycles. The van der Waals surface area contributed by atoms with Crippen molar-refractivity contribution < 1.29 is 14.7 Å². The van der Waals surface area contributed by atoms with Gasteiger partial charge in [0.2, 0.25) is 0 Å². The highest BCUT2D eigenvalue weighted by molar-refractivity contribution is 7.22. The molecule has 1 atom stereocenters. The standard InChI is InChI=1S/C27H22N2O3S/c1-15-4-9-18(10-5-15)23-22(24(30)19-11-6-16(2)7-12-19)25(31)26(32)29(23)27-28-20-13-8-17(3)14-21(20)33-27/h4-14,23,30H,1-3H3/b24-22+. The Bertz CT molecular complexity index is 1430. The molecule has 1 saturated heterocycles. The van der Waals surface area contributed by atoms with E-state index in [2.05, 4.69) is 4.98 Å². The number of carbonyl (C=O) groups is 2. The third-order valence-electron chi connectivity index (χ3n) is 5.90. The second-order valence-corrected chi connectivity index (χ2v) is 9.42. The Balaban J connectivity index is 1.73. The first kappa shape index (κ1) is 21.1. The van der Waals surface area contributed by atoms with Crippen LogP contribution in [0, 0.1) is 20.8 Å². The van der Waals surface area contributed by atoms with Crippen LogP contribution in [0.4, 0.5) is 5.13 Å². The molecule has 33 heavy (non-hydrogen) atoms. The minimum absolute atomic E-state index is 0.0724. The van der Waals surface area contributed by atoms with Gasteiger partial charge in [-0.2, -0.15) is 0 Å². The van der Waals surface area contributed by atoms with Crippen molar-refractivity contribution in [1.29, 1.82) is 0 Å². The average molecular weight is 455 g/mol. The van der Waals surface area contributed by atoms with E-state index in [1.54, 1.807) is 12.1 Å². The lowest BCUT2D eigenvalue weighted by molar-refractivity contribution is -0.132. The summed E-state index contributed by atoms with van der Waals surface area (Å²) in [5.41, 5.74) is 5.26. The van der Waals surface area contributed by atoms with Crippen LogP contribution in [-0.2, 0) is 9.59 Å². The van der Waals surface area contributed by atoms with Gasteiger partial charge in [0.15, 0.2) is 5.13 Å². The van der Waals surface area contributed by atoms with Gasteiger partial charge in [-0.1, -0.05) is 77.1 Å². The number of amides is 1. The zero-order chi connectivity index (χ0) is 23.3. The monoisotopic (exact) mass is 454 g/mol. The molecule has 0 spiro atoms. The number of aryl methyl sites for hydroxylation is 3. The molecule has 2 heterocycles. The SMILES string of the molecule is Cc1ccc(/C(O)=C2\C(=O)C(=O)N(c3nc4ccc(C)cc4s3)C2c2ccc(C)cc2)cc1. The second kappa shape index (κ2) is 7.98. The average Bonchev–Trinajstić information content (AvgIpc) is 3.32. The molecular weight excluding hydrogens is 432 g/mol. The molecule has 5 nitrogen and oxygen atoms in total. The lowest BCUT2D eigenvalue weighted by atomic mass is 9.94. The number of carbonyl (C=O) groups excluding carboxylic acids is 2. The summed E-state index contributed by atoms with van der Waals surface area (Å²) in [4.78, 5) is 32.6.